The van der Waals surface area contributed by atoms with E-state index >= 15 is 0 Å². The van der Waals surface area contributed by atoms with Crippen LogP contribution in [0.2, 0.25) is 0 Å². The summed E-state index contributed by atoms with van der Waals surface area (Å²) in [5.41, 5.74) is 5.53. The summed E-state index contributed by atoms with van der Waals surface area (Å²) in [6.45, 7) is 0.569. The zero-order chi connectivity index (χ0) is 10.4. The minimum absolute atomic E-state index is 0.142. The van der Waals surface area contributed by atoms with E-state index in [-0.39, 0.29) is 6.10 Å². The molecule has 0 saturated heterocycles. The van der Waals surface area contributed by atoms with Gasteiger partial charge in [-0.3, -0.25) is 0 Å². The SMILES string of the molecule is COC(CN)CSc1ccc(Br)cc1. The highest BCUT2D eigenvalue weighted by Crippen LogP contribution is 2.21. The molecule has 0 aliphatic rings. The van der Waals surface area contributed by atoms with E-state index < -0.39 is 0 Å². The van der Waals surface area contributed by atoms with Crippen molar-refractivity contribution in [2.75, 3.05) is 19.4 Å². The molecule has 0 aliphatic heterocycles. The van der Waals surface area contributed by atoms with Crippen LogP contribution in [-0.4, -0.2) is 25.5 Å². The molecule has 2 N–H and O–H groups in total. The van der Waals surface area contributed by atoms with Crippen LogP contribution in [0.25, 0.3) is 0 Å². The lowest BCUT2D eigenvalue weighted by molar-refractivity contribution is 0.129. The highest BCUT2D eigenvalue weighted by Gasteiger charge is 2.04. The second-order valence-corrected chi connectivity index (χ2v) is 4.87. The van der Waals surface area contributed by atoms with Gasteiger partial charge in [-0.1, -0.05) is 15.9 Å². The van der Waals surface area contributed by atoms with Gasteiger partial charge in [-0.2, -0.15) is 0 Å². The van der Waals surface area contributed by atoms with Crippen molar-refractivity contribution in [1.82, 2.24) is 0 Å². The topological polar surface area (TPSA) is 35.2 Å². The van der Waals surface area contributed by atoms with Gasteiger partial charge in [0.05, 0.1) is 6.10 Å². The molecule has 1 unspecified atom stereocenters. The van der Waals surface area contributed by atoms with Crippen molar-refractivity contribution in [2.45, 2.75) is 11.0 Å². The van der Waals surface area contributed by atoms with Crippen LogP contribution < -0.4 is 5.73 Å². The molecule has 0 saturated carbocycles. The molecule has 0 amide bonds. The second-order valence-electron chi connectivity index (χ2n) is 2.86. The van der Waals surface area contributed by atoms with E-state index in [0.717, 1.165) is 10.2 Å². The van der Waals surface area contributed by atoms with Crippen LogP contribution >= 0.6 is 27.7 Å². The number of hydrogen-bond acceptors (Lipinski definition) is 3. The highest BCUT2D eigenvalue weighted by molar-refractivity contribution is 9.10. The van der Waals surface area contributed by atoms with Gasteiger partial charge in [-0.25, -0.2) is 0 Å². The van der Waals surface area contributed by atoms with Crippen molar-refractivity contribution >= 4 is 27.7 Å². The molecule has 0 aromatic heterocycles. The molecule has 0 radical (unpaired) electrons. The van der Waals surface area contributed by atoms with Gasteiger partial charge in [0, 0.05) is 28.8 Å². The highest BCUT2D eigenvalue weighted by atomic mass is 79.9. The van der Waals surface area contributed by atoms with E-state index in [4.69, 9.17) is 10.5 Å². The van der Waals surface area contributed by atoms with Gasteiger partial charge in [0.25, 0.3) is 0 Å². The van der Waals surface area contributed by atoms with Crippen LogP contribution in [0.1, 0.15) is 0 Å². The largest absolute Gasteiger partial charge is 0.379 e. The summed E-state index contributed by atoms with van der Waals surface area (Å²) in [4.78, 5) is 1.24. The first-order chi connectivity index (χ1) is 6.76. The minimum atomic E-state index is 0.142. The Balaban J connectivity index is 2.41. The molecule has 1 aromatic rings. The molecule has 0 aliphatic carbocycles. The number of hydrogen-bond donors (Lipinski definition) is 1. The number of benzene rings is 1. The van der Waals surface area contributed by atoms with E-state index in [2.05, 4.69) is 28.1 Å². The molecule has 1 atom stereocenters. The maximum Gasteiger partial charge on any atom is 0.0787 e. The van der Waals surface area contributed by atoms with Crippen LogP contribution in [0.5, 0.6) is 0 Å². The molecule has 1 aromatic carbocycles. The standard InChI is InChI=1S/C10H14BrNOS/c1-13-9(6-12)7-14-10-4-2-8(11)3-5-10/h2-5,9H,6-7,12H2,1H3. The van der Waals surface area contributed by atoms with Gasteiger partial charge in [-0.05, 0) is 24.3 Å². The maximum atomic E-state index is 5.53. The molecule has 78 valence electrons. The van der Waals surface area contributed by atoms with Crippen molar-refractivity contribution < 1.29 is 4.74 Å². The third kappa shape index (κ3) is 4.00. The molecule has 0 heterocycles. The Labute approximate surface area is 97.3 Å². The normalized spacial score (nSPS) is 12.8. The Hall–Kier alpha value is -0.0300. The maximum absolute atomic E-state index is 5.53. The molecule has 0 spiro atoms. The Bertz CT molecular complexity index is 261. The van der Waals surface area contributed by atoms with Crippen LogP contribution in [0.4, 0.5) is 0 Å². The average molecular weight is 276 g/mol. The van der Waals surface area contributed by atoms with Crippen LogP contribution in [-0.2, 0) is 4.74 Å². The van der Waals surface area contributed by atoms with Gasteiger partial charge in [0.1, 0.15) is 0 Å². The third-order valence-corrected chi connectivity index (χ3v) is 3.52. The zero-order valence-electron chi connectivity index (χ0n) is 8.07. The molecule has 1 rings (SSSR count). The molecule has 14 heavy (non-hydrogen) atoms. The Kier molecular flexibility index (Phi) is 5.55. The van der Waals surface area contributed by atoms with Gasteiger partial charge < -0.3 is 10.5 Å². The molecule has 2 nitrogen and oxygen atoms in total. The number of methoxy groups -OCH3 is 1. The van der Waals surface area contributed by atoms with Crippen LogP contribution in [0.3, 0.4) is 0 Å². The van der Waals surface area contributed by atoms with Gasteiger partial charge in [0.15, 0.2) is 0 Å². The first-order valence-corrected chi connectivity index (χ1v) is 6.15. The van der Waals surface area contributed by atoms with Crippen molar-refractivity contribution in [2.24, 2.45) is 5.73 Å². The summed E-state index contributed by atoms with van der Waals surface area (Å²) in [6.07, 6.45) is 0.142. The van der Waals surface area contributed by atoms with Crippen molar-refractivity contribution in [3.8, 4) is 0 Å². The average Bonchev–Trinajstić information content (AvgIpc) is 2.22. The predicted octanol–water partition coefficient (Wildman–Crippen LogP) is 2.51. The zero-order valence-corrected chi connectivity index (χ0v) is 10.5. The lowest BCUT2D eigenvalue weighted by atomic mass is 10.4. The molecule has 0 fully saturated rings. The number of rotatable bonds is 5. The van der Waals surface area contributed by atoms with E-state index in [9.17, 15) is 0 Å². The van der Waals surface area contributed by atoms with Gasteiger partial charge >= 0.3 is 0 Å². The van der Waals surface area contributed by atoms with Crippen LogP contribution in [0.15, 0.2) is 33.6 Å². The fraction of sp³-hybridized carbons (Fsp3) is 0.400. The van der Waals surface area contributed by atoms with E-state index in [0.29, 0.717) is 6.54 Å². The van der Waals surface area contributed by atoms with E-state index in [1.165, 1.54) is 4.90 Å². The summed E-state index contributed by atoms with van der Waals surface area (Å²) in [7, 11) is 1.69. The lowest BCUT2D eigenvalue weighted by Crippen LogP contribution is -2.24. The minimum Gasteiger partial charge on any atom is -0.379 e. The Morgan fingerprint density at radius 2 is 2.07 bits per heavy atom. The molecular weight excluding hydrogens is 262 g/mol. The molecular formula is C10H14BrNOS. The lowest BCUT2D eigenvalue weighted by Gasteiger charge is -2.11. The number of ether oxygens (including phenoxy) is 1. The van der Waals surface area contributed by atoms with E-state index in [1.54, 1.807) is 18.9 Å². The predicted molar refractivity (Wildman–Crippen MR) is 64.7 cm³/mol. The monoisotopic (exact) mass is 275 g/mol. The molecule has 4 heteroatoms. The first-order valence-electron chi connectivity index (χ1n) is 4.37. The molecule has 0 bridgehead atoms. The number of halogens is 1. The first kappa shape index (κ1) is 12.0. The van der Waals surface area contributed by atoms with Crippen molar-refractivity contribution in [1.29, 1.82) is 0 Å². The number of thioether (sulfide) groups is 1. The summed E-state index contributed by atoms with van der Waals surface area (Å²) in [5, 5.41) is 0. The quantitative estimate of drug-likeness (QED) is 0.839. The summed E-state index contributed by atoms with van der Waals surface area (Å²) in [6, 6.07) is 8.23. The fourth-order valence-electron chi connectivity index (χ4n) is 0.952. The van der Waals surface area contributed by atoms with Crippen LogP contribution in [0, 0.1) is 0 Å². The van der Waals surface area contributed by atoms with Crippen molar-refractivity contribution in [3.63, 3.8) is 0 Å². The Morgan fingerprint density at radius 3 is 2.57 bits per heavy atom. The third-order valence-electron chi connectivity index (χ3n) is 1.85. The second kappa shape index (κ2) is 6.45. The summed E-state index contributed by atoms with van der Waals surface area (Å²) < 4.78 is 6.29. The Morgan fingerprint density at radius 1 is 1.43 bits per heavy atom. The van der Waals surface area contributed by atoms with Crippen molar-refractivity contribution in [3.05, 3.63) is 28.7 Å². The fourth-order valence-corrected chi connectivity index (χ4v) is 2.20. The summed E-state index contributed by atoms with van der Waals surface area (Å²) in [5.74, 6) is 0.897. The van der Waals surface area contributed by atoms with Gasteiger partial charge in [0.2, 0.25) is 0 Å². The number of nitrogens with two attached hydrogens (primary N) is 1. The smallest absolute Gasteiger partial charge is 0.0787 e. The summed E-state index contributed by atoms with van der Waals surface area (Å²) >= 11 is 5.16. The van der Waals surface area contributed by atoms with E-state index in [1.807, 2.05) is 12.1 Å². The van der Waals surface area contributed by atoms with Gasteiger partial charge in [-0.15, -0.1) is 11.8 Å².